The summed E-state index contributed by atoms with van der Waals surface area (Å²) < 4.78 is 3.63. The number of carbonyl (C=O) groups excluding carboxylic acids is 1. The number of aryl methyl sites for hydroxylation is 2. The zero-order chi connectivity index (χ0) is 21.6. The Morgan fingerprint density at radius 2 is 1.80 bits per heavy atom. The maximum Gasteiger partial charge on any atom is 0.332 e. The molecule has 1 saturated heterocycles. The van der Waals surface area contributed by atoms with Crippen LogP contribution in [0.15, 0.2) is 33.9 Å². The number of nitrogens with zero attached hydrogens (tertiary/aromatic N) is 6. The molecule has 1 aliphatic rings. The zero-order valence-corrected chi connectivity index (χ0v) is 17.9. The van der Waals surface area contributed by atoms with Gasteiger partial charge in [-0.2, -0.15) is 4.98 Å². The molecule has 0 spiro atoms. The first-order valence-corrected chi connectivity index (χ1v) is 10.1. The molecule has 1 aliphatic heterocycles. The molecule has 0 aliphatic carbocycles. The standard InChI is InChI=1S/C20H23ClN6O3/c1-13-5-4-6-14(11-13)25-7-9-26(10-8-25)15(28)12-27-16-17(22-19(27)21)23(2)20(30)24(3)18(16)29/h4-6,11H,7-10,12H2,1-3H3. The Balaban J connectivity index is 1.54. The topological polar surface area (TPSA) is 85.4 Å². The van der Waals surface area contributed by atoms with Crippen molar-refractivity contribution in [2.45, 2.75) is 13.5 Å². The molecule has 0 bridgehead atoms. The molecular weight excluding hydrogens is 408 g/mol. The van der Waals surface area contributed by atoms with E-state index in [0.717, 1.165) is 23.3 Å². The van der Waals surface area contributed by atoms with Crippen molar-refractivity contribution in [3.63, 3.8) is 0 Å². The van der Waals surface area contributed by atoms with Gasteiger partial charge in [0.2, 0.25) is 11.2 Å². The summed E-state index contributed by atoms with van der Waals surface area (Å²) in [7, 11) is 2.91. The van der Waals surface area contributed by atoms with Gasteiger partial charge in [0.1, 0.15) is 6.54 Å². The molecule has 0 atom stereocenters. The van der Waals surface area contributed by atoms with E-state index < -0.39 is 11.2 Å². The Kier molecular flexibility index (Phi) is 5.15. The zero-order valence-electron chi connectivity index (χ0n) is 17.1. The fourth-order valence-corrected chi connectivity index (χ4v) is 4.06. The van der Waals surface area contributed by atoms with Crippen LogP contribution < -0.4 is 16.1 Å². The first-order valence-electron chi connectivity index (χ1n) is 9.69. The first-order chi connectivity index (χ1) is 14.3. The first kappa shape index (κ1) is 20.2. The summed E-state index contributed by atoms with van der Waals surface area (Å²) in [6.07, 6.45) is 0. The van der Waals surface area contributed by atoms with E-state index in [1.165, 1.54) is 28.8 Å². The van der Waals surface area contributed by atoms with Crippen molar-refractivity contribution in [2.75, 3.05) is 31.1 Å². The molecule has 4 rings (SSSR count). The fraction of sp³-hybridized carbons (Fsp3) is 0.400. The number of hydrogen-bond donors (Lipinski definition) is 0. The van der Waals surface area contributed by atoms with Gasteiger partial charge in [0.05, 0.1) is 0 Å². The Bertz CT molecular complexity index is 1250. The van der Waals surface area contributed by atoms with Crippen molar-refractivity contribution in [3.05, 3.63) is 56.0 Å². The van der Waals surface area contributed by atoms with Crippen LogP contribution in [0, 0.1) is 6.92 Å². The lowest BCUT2D eigenvalue weighted by Gasteiger charge is -2.36. The number of aromatic nitrogens is 4. The van der Waals surface area contributed by atoms with E-state index in [1.807, 2.05) is 6.07 Å². The minimum atomic E-state index is -0.524. The lowest BCUT2D eigenvalue weighted by atomic mass is 10.2. The molecule has 1 amide bonds. The molecule has 158 valence electrons. The monoisotopic (exact) mass is 430 g/mol. The SMILES string of the molecule is Cc1cccc(N2CCN(C(=O)Cn3c(Cl)nc4c3c(=O)n(C)c(=O)n4C)CC2)c1. The number of amides is 1. The third-order valence-electron chi connectivity index (χ3n) is 5.59. The van der Waals surface area contributed by atoms with Crippen LogP contribution >= 0.6 is 11.6 Å². The van der Waals surface area contributed by atoms with Gasteiger partial charge in [-0.3, -0.25) is 23.3 Å². The molecule has 0 N–H and O–H groups in total. The average molecular weight is 431 g/mol. The number of anilines is 1. The average Bonchev–Trinajstić information content (AvgIpc) is 3.07. The predicted molar refractivity (Wildman–Crippen MR) is 115 cm³/mol. The summed E-state index contributed by atoms with van der Waals surface area (Å²) in [5.74, 6) is -0.143. The van der Waals surface area contributed by atoms with Crippen LogP contribution in [0.1, 0.15) is 5.56 Å². The van der Waals surface area contributed by atoms with E-state index in [-0.39, 0.29) is 28.9 Å². The van der Waals surface area contributed by atoms with Gasteiger partial charge in [0, 0.05) is 46.0 Å². The van der Waals surface area contributed by atoms with Gasteiger partial charge < -0.3 is 9.80 Å². The van der Waals surface area contributed by atoms with Crippen LogP contribution in [0.2, 0.25) is 5.28 Å². The van der Waals surface area contributed by atoms with Crippen LogP contribution in [-0.4, -0.2) is 55.7 Å². The van der Waals surface area contributed by atoms with Crippen LogP contribution in [0.25, 0.3) is 11.2 Å². The fourth-order valence-electron chi connectivity index (χ4n) is 3.84. The van der Waals surface area contributed by atoms with E-state index in [2.05, 4.69) is 35.0 Å². The second kappa shape index (κ2) is 7.64. The summed E-state index contributed by atoms with van der Waals surface area (Å²) in [6.45, 7) is 4.56. The van der Waals surface area contributed by atoms with E-state index in [9.17, 15) is 14.4 Å². The maximum absolute atomic E-state index is 12.9. The number of halogens is 1. The second-order valence-corrected chi connectivity index (χ2v) is 7.89. The Morgan fingerprint density at radius 1 is 1.10 bits per heavy atom. The van der Waals surface area contributed by atoms with E-state index in [1.54, 1.807) is 4.90 Å². The molecule has 9 nitrogen and oxygen atoms in total. The second-order valence-electron chi connectivity index (χ2n) is 7.55. The highest BCUT2D eigenvalue weighted by Gasteiger charge is 2.25. The van der Waals surface area contributed by atoms with Crippen molar-refractivity contribution in [2.24, 2.45) is 14.1 Å². The summed E-state index contributed by atoms with van der Waals surface area (Å²) in [5, 5.41) is 0.00930. The Labute approximate surface area is 177 Å². The molecule has 3 heterocycles. The number of piperazine rings is 1. The Hall–Kier alpha value is -3.07. The number of carbonyl (C=O) groups is 1. The predicted octanol–water partition coefficient (Wildman–Crippen LogP) is 0.744. The summed E-state index contributed by atoms with van der Waals surface area (Å²) in [5.41, 5.74) is 1.65. The van der Waals surface area contributed by atoms with Gasteiger partial charge in [0.15, 0.2) is 11.2 Å². The minimum absolute atomic E-state index is 0.00930. The summed E-state index contributed by atoms with van der Waals surface area (Å²) in [4.78, 5) is 45.8. The molecule has 10 heteroatoms. The third kappa shape index (κ3) is 3.39. The van der Waals surface area contributed by atoms with E-state index in [4.69, 9.17) is 11.6 Å². The molecule has 2 aromatic heterocycles. The van der Waals surface area contributed by atoms with Crippen LogP contribution in [0.5, 0.6) is 0 Å². The van der Waals surface area contributed by atoms with E-state index >= 15 is 0 Å². The number of hydrogen-bond acceptors (Lipinski definition) is 5. The lowest BCUT2D eigenvalue weighted by molar-refractivity contribution is -0.132. The maximum atomic E-state index is 12.9. The lowest BCUT2D eigenvalue weighted by Crippen LogP contribution is -2.49. The van der Waals surface area contributed by atoms with Crippen molar-refractivity contribution in [3.8, 4) is 0 Å². The van der Waals surface area contributed by atoms with Crippen LogP contribution in [-0.2, 0) is 25.4 Å². The molecule has 3 aromatic rings. The van der Waals surface area contributed by atoms with Crippen molar-refractivity contribution >= 4 is 34.4 Å². The van der Waals surface area contributed by atoms with E-state index in [0.29, 0.717) is 13.1 Å². The Morgan fingerprint density at radius 3 is 2.47 bits per heavy atom. The van der Waals surface area contributed by atoms with Gasteiger partial charge >= 0.3 is 5.69 Å². The molecule has 1 fully saturated rings. The third-order valence-corrected chi connectivity index (χ3v) is 5.88. The molecule has 0 saturated carbocycles. The molecular formula is C20H23ClN6O3. The molecule has 0 unspecified atom stereocenters. The number of rotatable bonds is 3. The van der Waals surface area contributed by atoms with Crippen molar-refractivity contribution in [1.29, 1.82) is 0 Å². The highest BCUT2D eigenvalue weighted by molar-refractivity contribution is 6.29. The van der Waals surface area contributed by atoms with Crippen molar-refractivity contribution < 1.29 is 4.79 Å². The largest absolute Gasteiger partial charge is 0.368 e. The van der Waals surface area contributed by atoms with Gasteiger partial charge in [-0.1, -0.05) is 12.1 Å². The summed E-state index contributed by atoms with van der Waals surface area (Å²) in [6, 6.07) is 8.29. The number of fused-ring (bicyclic) bond motifs is 1. The molecule has 0 radical (unpaired) electrons. The smallest absolute Gasteiger partial charge is 0.332 e. The normalized spacial score (nSPS) is 14.5. The van der Waals surface area contributed by atoms with Gasteiger partial charge in [-0.15, -0.1) is 0 Å². The van der Waals surface area contributed by atoms with Crippen LogP contribution in [0.4, 0.5) is 5.69 Å². The van der Waals surface area contributed by atoms with Gasteiger partial charge in [-0.05, 0) is 36.2 Å². The quantitative estimate of drug-likeness (QED) is 0.572. The number of benzene rings is 1. The highest BCUT2D eigenvalue weighted by atomic mass is 35.5. The van der Waals surface area contributed by atoms with Crippen molar-refractivity contribution in [1.82, 2.24) is 23.6 Å². The minimum Gasteiger partial charge on any atom is -0.368 e. The molecule has 30 heavy (non-hydrogen) atoms. The molecule has 1 aromatic carbocycles. The van der Waals surface area contributed by atoms with Crippen LogP contribution in [0.3, 0.4) is 0 Å². The van der Waals surface area contributed by atoms with Gasteiger partial charge in [-0.25, -0.2) is 4.79 Å². The highest BCUT2D eigenvalue weighted by Crippen LogP contribution is 2.19. The van der Waals surface area contributed by atoms with Gasteiger partial charge in [0.25, 0.3) is 5.56 Å². The summed E-state index contributed by atoms with van der Waals surface area (Å²) >= 11 is 6.23. The number of imidazole rings is 1.